The van der Waals surface area contributed by atoms with Crippen molar-refractivity contribution in [3.05, 3.63) is 71.5 Å². The van der Waals surface area contributed by atoms with Crippen LogP contribution in [0, 0.1) is 5.82 Å². The van der Waals surface area contributed by atoms with Crippen LogP contribution in [-0.2, 0) is 27.9 Å². The molecule has 5 heteroatoms. The summed E-state index contributed by atoms with van der Waals surface area (Å²) in [5, 5.41) is -0.677. The smallest absolute Gasteiger partial charge is 0.238 e. The van der Waals surface area contributed by atoms with Crippen LogP contribution in [-0.4, -0.2) is 27.3 Å². The van der Waals surface area contributed by atoms with E-state index in [1.807, 2.05) is 30.3 Å². The third-order valence-corrected chi connectivity index (χ3v) is 5.22. The Morgan fingerprint density at radius 3 is 2.39 bits per heavy atom. The number of hydrogen-bond donors (Lipinski definition) is 0. The zero-order valence-electron chi connectivity index (χ0n) is 13.2. The molecule has 0 fully saturated rings. The minimum Gasteiger partial charge on any atom is -0.340 e. The normalized spacial score (nSPS) is 13.3. The number of rotatable bonds is 6. The molecule has 0 aromatic heterocycles. The Hall–Kier alpha value is -2.01. The number of amides is 1. The first-order chi connectivity index (χ1) is 11.0. The Morgan fingerprint density at radius 2 is 1.74 bits per heavy atom. The summed E-state index contributed by atoms with van der Waals surface area (Å²) in [4.78, 5) is 14.0. The topological polar surface area (TPSA) is 37.4 Å². The first-order valence-electron chi connectivity index (χ1n) is 7.38. The minimum atomic E-state index is -1.47. The van der Waals surface area contributed by atoms with E-state index in [0.717, 1.165) is 5.56 Å². The van der Waals surface area contributed by atoms with Gasteiger partial charge in [-0.25, -0.2) is 4.39 Å². The molecule has 0 bridgehead atoms. The van der Waals surface area contributed by atoms with Crippen LogP contribution in [0.2, 0.25) is 0 Å². The molecule has 2 aromatic carbocycles. The molecule has 0 saturated heterocycles. The zero-order valence-corrected chi connectivity index (χ0v) is 14.1. The quantitative estimate of drug-likeness (QED) is 0.814. The number of nitrogens with zero attached hydrogens (tertiary/aromatic N) is 1. The predicted molar refractivity (Wildman–Crippen MR) is 90.6 cm³/mol. The van der Waals surface area contributed by atoms with Crippen molar-refractivity contribution < 1.29 is 13.4 Å². The lowest BCUT2D eigenvalue weighted by molar-refractivity contribution is -0.129. The summed E-state index contributed by atoms with van der Waals surface area (Å²) in [5.74, 6) is -0.555. The van der Waals surface area contributed by atoms with Crippen LogP contribution < -0.4 is 0 Å². The standard InChI is InChI=1S/C18H20FNO2S/c1-14(23(22)13-16-10-6-7-11-17(16)19)18(21)20(2)12-15-8-4-3-5-9-15/h3-11,14H,12-13H2,1-2H3/t14-,23-/m1/s1. The molecule has 0 aliphatic rings. The lowest BCUT2D eigenvalue weighted by Gasteiger charge is -2.21. The van der Waals surface area contributed by atoms with E-state index in [1.165, 1.54) is 6.07 Å². The molecule has 0 N–H and O–H groups in total. The molecule has 2 rings (SSSR count). The fourth-order valence-electron chi connectivity index (χ4n) is 2.25. The van der Waals surface area contributed by atoms with Gasteiger partial charge in [0.15, 0.2) is 0 Å². The molecule has 0 aliphatic carbocycles. The molecule has 2 aromatic rings. The van der Waals surface area contributed by atoms with Crippen LogP contribution in [0.4, 0.5) is 4.39 Å². The van der Waals surface area contributed by atoms with Gasteiger partial charge in [-0.1, -0.05) is 48.5 Å². The third-order valence-electron chi connectivity index (χ3n) is 3.64. The van der Waals surface area contributed by atoms with Gasteiger partial charge in [0.05, 0.1) is 5.75 Å². The molecule has 0 saturated carbocycles. The van der Waals surface area contributed by atoms with Gasteiger partial charge in [0, 0.05) is 30.0 Å². The molecule has 0 unspecified atom stereocenters. The summed E-state index contributed by atoms with van der Waals surface area (Å²) in [6.07, 6.45) is 0. The molecule has 3 nitrogen and oxygen atoms in total. The Bertz CT molecular complexity index is 690. The predicted octanol–water partition coefficient (Wildman–Crippen LogP) is 3.12. The first-order valence-corrected chi connectivity index (χ1v) is 8.76. The van der Waals surface area contributed by atoms with E-state index >= 15 is 0 Å². The summed E-state index contributed by atoms with van der Waals surface area (Å²) in [5.41, 5.74) is 1.38. The van der Waals surface area contributed by atoms with Crippen LogP contribution in [0.3, 0.4) is 0 Å². The van der Waals surface area contributed by atoms with E-state index in [2.05, 4.69) is 0 Å². The summed E-state index contributed by atoms with van der Waals surface area (Å²) in [7, 11) is 0.221. The van der Waals surface area contributed by atoms with Crippen LogP contribution in [0.25, 0.3) is 0 Å². The highest BCUT2D eigenvalue weighted by atomic mass is 32.2. The van der Waals surface area contributed by atoms with Crippen molar-refractivity contribution in [2.24, 2.45) is 0 Å². The van der Waals surface area contributed by atoms with Gasteiger partial charge >= 0.3 is 0 Å². The van der Waals surface area contributed by atoms with Crippen molar-refractivity contribution in [1.82, 2.24) is 4.90 Å². The Labute approximate surface area is 138 Å². The Morgan fingerprint density at radius 1 is 1.13 bits per heavy atom. The highest BCUT2D eigenvalue weighted by molar-refractivity contribution is 7.85. The highest BCUT2D eigenvalue weighted by Gasteiger charge is 2.24. The fourth-order valence-corrected chi connectivity index (χ4v) is 3.45. The second-order valence-corrected chi connectivity index (χ2v) is 7.20. The number of carbonyl (C=O) groups is 1. The van der Waals surface area contributed by atoms with Crippen molar-refractivity contribution in [2.45, 2.75) is 24.5 Å². The molecule has 122 valence electrons. The van der Waals surface area contributed by atoms with E-state index in [9.17, 15) is 13.4 Å². The average molecular weight is 333 g/mol. The molecule has 0 spiro atoms. The number of hydrogen-bond acceptors (Lipinski definition) is 2. The summed E-state index contributed by atoms with van der Waals surface area (Å²) >= 11 is 0. The first kappa shape index (κ1) is 17.3. The van der Waals surface area contributed by atoms with Crippen molar-refractivity contribution in [1.29, 1.82) is 0 Å². The largest absolute Gasteiger partial charge is 0.340 e. The molecule has 2 atom stereocenters. The van der Waals surface area contributed by atoms with Gasteiger partial charge in [0.25, 0.3) is 0 Å². The van der Waals surface area contributed by atoms with Gasteiger partial charge in [0.1, 0.15) is 11.1 Å². The lowest BCUT2D eigenvalue weighted by atomic mass is 10.2. The van der Waals surface area contributed by atoms with E-state index < -0.39 is 21.9 Å². The molecular weight excluding hydrogens is 313 g/mol. The van der Waals surface area contributed by atoms with Crippen molar-refractivity contribution in [3.63, 3.8) is 0 Å². The number of halogens is 1. The maximum atomic E-state index is 13.6. The van der Waals surface area contributed by atoms with Crippen molar-refractivity contribution in [3.8, 4) is 0 Å². The van der Waals surface area contributed by atoms with Gasteiger partial charge in [-0.05, 0) is 18.6 Å². The van der Waals surface area contributed by atoms with Crippen molar-refractivity contribution in [2.75, 3.05) is 7.05 Å². The fraction of sp³-hybridized carbons (Fsp3) is 0.278. The van der Waals surface area contributed by atoms with E-state index in [-0.39, 0.29) is 11.7 Å². The Balaban J connectivity index is 1.98. The van der Waals surface area contributed by atoms with Crippen LogP contribution in [0.5, 0.6) is 0 Å². The Kier molecular flexibility index (Phi) is 6.04. The molecule has 23 heavy (non-hydrogen) atoms. The van der Waals surface area contributed by atoms with E-state index in [0.29, 0.717) is 12.1 Å². The molecule has 0 heterocycles. The van der Waals surface area contributed by atoms with Crippen LogP contribution >= 0.6 is 0 Å². The monoisotopic (exact) mass is 333 g/mol. The number of benzene rings is 2. The van der Waals surface area contributed by atoms with Crippen molar-refractivity contribution >= 4 is 16.7 Å². The molecule has 0 radical (unpaired) electrons. The SMILES string of the molecule is C[C@H](C(=O)N(C)Cc1ccccc1)[S@](=O)Cc1ccccc1F. The van der Waals surface area contributed by atoms with Gasteiger partial charge in [-0.2, -0.15) is 0 Å². The van der Waals surface area contributed by atoms with Gasteiger partial charge < -0.3 is 4.90 Å². The van der Waals surface area contributed by atoms with Crippen LogP contribution in [0.1, 0.15) is 18.1 Å². The summed E-state index contributed by atoms with van der Waals surface area (Å²) in [6.45, 7) is 2.09. The third kappa shape index (κ3) is 4.73. The number of carbonyl (C=O) groups excluding carboxylic acids is 1. The molecule has 0 aliphatic heterocycles. The van der Waals surface area contributed by atoms with E-state index in [4.69, 9.17) is 0 Å². The van der Waals surface area contributed by atoms with Gasteiger partial charge in [-0.15, -0.1) is 0 Å². The van der Waals surface area contributed by atoms with E-state index in [1.54, 1.807) is 37.1 Å². The van der Waals surface area contributed by atoms with Crippen LogP contribution in [0.15, 0.2) is 54.6 Å². The highest BCUT2D eigenvalue weighted by Crippen LogP contribution is 2.13. The van der Waals surface area contributed by atoms with Gasteiger partial charge in [0.2, 0.25) is 5.91 Å². The second kappa shape index (κ2) is 8.02. The molecule has 1 amide bonds. The maximum Gasteiger partial charge on any atom is 0.238 e. The summed E-state index contributed by atoms with van der Waals surface area (Å²) < 4.78 is 26.0. The maximum absolute atomic E-state index is 13.6. The lowest BCUT2D eigenvalue weighted by Crippen LogP contribution is -2.37. The summed E-state index contributed by atoms with van der Waals surface area (Å²) in [6, 6.07) is 15.8. The van der Waals surface area contributed by atoms with Gasteiger partial charge in [-0.3, -0.25) is 9.00 Å². The average Bonchev–Trinajstić information content (AvgIpc) is 2.56. The second-order valence-electron chi connectivity index (χ2n) is 5.44. The zero-order chi connectivity index (χ0) is 16.8. The molecular formula is C18H20FNO2S. The minimum absolute atomic E-state index is 0.0404.